The SMILES string of the molecule is Cc1sc(-n2c(C)ccc2C)c(C(=O)OCC(=O)NCC(=O)N(C)C)c1C. The number of nitrogens with one attached hydrogen (secondary N) is 1. The van der Waals surface area contributed by atoms with E-state index in [4.69, 9.17) is 4.74 Å². The van der Waals surface area contributed by atoms with Crippen molar-refractivity contribution in [1.82, 2.24) is 14.8 Å². The number of aryl methyl sites for hydroxylation is 3. The lowest BCUT2D eigenvalue weighted by Gasteiger charge is -2.12. The number of hydrogen-bond acceptors (Lipinski definition) is 5. The Hall–Kier alpha value is -2.61. The molecule has 0 aromatic carbocycles. The van der Waals surface area contributed by atoms with E-state index in [2.05, 4.69) is 5.32 Å². The first-order valence-electron chi connectivity index (χ1n) is 8.52. The quantitative estimate of drug-likeness (QED) is 0.765. The maximum absolute atomic E-state index is 12.7. The van der Waals surface area contributed by atoms with Crippen molar-refractivity contribution in [2.45, 2.75) is 27.7 Å². The molecule has 0 atom stereocenters. The number of carbonyl (C=O) groups is 3. The Morgan fingerprint density at radius 3 is 2.26 bits per heavy atom. The highest BCUT2D eigenvalue weighted by molar-refractivity contribution is 7.15. The van der Waals surface area contributed by atoms with Crippen LogP contribution in [0.15, 0.2) is 12.1 Å². The Morgan fingerprint density at radius 1 is 1.11 bits per heavy atom. The average molecular weight is 391 g/mol. The van der Waals surface area contributed by atoms with Crippen molar-refractivity contribution in [3.05, 3.63) is 39.5 Å². The van der Waals surface area contributed by atoms with Crippen LogP contribution in [0, 0.1) is 27.7 Å². The van der Waals surface area contributed by atoms with E-state index in [0.29, 0.717) is 5.56 Å². The molecule has 1 N–H and O–H groups in total. The van der Waals surface area contributed by atoms with Crippen LogP contribution >= 0.6 is 11.3 Å². The summed E-state index contributed by atoms with van der Waals surface area (Å²) in [5.74, 6) is -1.30. The predicted octanol–water partition coefficient (Wildman–Crippen LogP) is 2.13. The van der Waals surface area contributed by atoms with E-state index >= 15 is 0 Å². The summed E-state index contributed by atoms with van der Waals surface area (Å²) in [6.07, 6.45) is 0. The van der Waals surface area contributed by atoms with Gasteiger partial charge in [0.15, 0.2) is 6.61 Å². The van der Waals surface area contributed by atoms with Crippen LogP contribution in [0.5, 0.6) is 0 Å². The summed E-state index contributed by atoms with van der Waals surface area (Å²) >= 11 is 1.52. The molecule has 0 spiro atoms. The highest BCUT2D eigenvalue weighted by atomic mass is 32.1. The third-order valence-electron chi connectivity index (χ3n) is 4.32. The van der Waals surface area contributed by atoms with Gasteiger partial charge in [-0.05, 0) is 45.4 Å². The number of rotatable bonds is 6. The molecule has 0 saturated heterocycles. The van der Waals surface area contributed by atoms with Crippen LogP contribution in [-0.4, -0.2) is 54.5 Å². The summed E-state index contributed by atoms with van der Waals surface area (Å²) in [7, 11) is 3.20. The smallest absolute Gasteiger partial charge is 0.341 e. The van der Waals surface area contributed by atoms with Crippen LogP contribution in [0.2, 0.25) is 0 Å². The van der Waals surface area contributed by atoms with Crippen molar-refractivity contribution in [2.75, 3.05) is 27.2 Å². The van der Waals surface area contributed by atoms with Crippen LogP contribution in [0.25, 0.3) is 5.00 Å². The van der Waals surface area contributed by atoms with E-state index in [1.807, 2.05) is 44.4 Å². The maximum atomic E-state index is 12.7. The second kappa shape index (κ2) is 8.39. The van der Waals surface area contributed by atoms with Gasteiger partial charge < -0.3 is 19.5 Å². The third kappa shape index (κ3) is 4.57. The largest absolute Gasteiger partial charge is 0.452 e. The molecule has 27 heavy (non-hydrogen) atoms. The van der Waals surface area contributed by atoms with Gasteiger partial charge in [-0.15, -0.1) is 11.3 Å². The molecule has 7 nitrogen and oxygen atoms in total. The number of likely N-dealkylation sites (N-methyl/N-ethyl adjacent to an activating group) is 1. The monoisotopic (exact) mass is 391 g/mol. The van der Waals surface area contributed by atoms with Crippen molar-refractivity contribution in [1.29, 1.82) is 0 Å². The second-order valence-electron chi connectivity index (χ2n) is 6.56. The zero-order valence-corrected chi connectivity index (χ0v) is 17.3. The topological polar surface area (TPSA) is 80.6 Å². The van der Waals surface area contributed by atoms with Crippen LogP contribution in [0.1, 0.15) is 32.2 Å². The molecule has 2 amide bonds. The van der Waals surface area contributed by atoms with E-state index in [1.54, 1.807) is 14.1 Å². The molecule has 0 aliphatic heterocycles. The standard InChI is InChI=1S/C19H25N3O4S/c1-11-7-8-12(2)22(11)18-17(13(3)14(4)27-18)19(25)26-10-15(23)20-9-16(24)21(5)6/h7-8H,9-10H2,1-6H3,(H,20,23). The Labute approximate surface area is 162 Å². The lowest BCUT2D eigenvalue weighted by atomic mass is 10.1. The van der Waals surface area contributed by atoms with Crippen molar-refractivity contribution in [3.63, 3.8) is 0 Å². The molecule has 0 unspecified atom stereocenters. The van der Waals surface area contributed by atoms with E-state index in [9.17, 15) is 14.4 Å². The molecular weight excluding hydrogens is 366 g/mol. The molecule has 2 rings (SSSR count). The molecule has 0 saturated carbocycles. The van der Waals surface area contributed by atoms with Crippen LogP contribution in [0.3, 0.4) is 0 Å². The van der Waals surface area contributed by atoms with Gasteiger partial charge in [0.2, 0.25) is 5.91 Å². The molecule has 2 aromatic heterocycles. The fraction of sp³-hybridized carbons (Fsp3) is 0.421. The van der Waals surface area contributed by atoms with Gasteiger partial charge in [-0.25, -0.2) is 4.79 Å². The number of aromatic nitrogens is 1. The first-order valence-corrected chi connectivity index (χ1v) is 9.34. The summed E-state index contributed by atoms with van der Waals surface area (Å²) in [6, 6.07) is 3.98. The normalized spacial score (nSPS) is 10.6. The average Bonchev–Trinajstić information content (AvgIpc) is 3.09. The van der Waals surface area contributed by atoms with Gasteiger partial charge in [0.05, 0.1) is 12.1 Å². The molecule has 0 aliphatic rings. The van der Waals surface area contributed by atoms with E-state index in [0.717, 1.165) is 26.8 Å². The van der Waals surface area contributed by atoms with Gasteiger partial charge in [0, 0.05) is 30.4 Å². The number of ether oxygens (including phenoxy) is 1. The van der Waals surface area contributed by atoms with Gasteiger partial charge in [0.1, 0.15) is 5.00 Å². The molecule has 0 fully saturated rings. The minimum absolute atomic E-state index is 0.132. The van der Waals surface area contributed by atoms with E-state index in [-0.39, 0.29) is 12.5 Å². The molecule has 0 radical (unpaired) electrons. The summed E-state index contributed by atoms with van der Waals surface area (Å²) in [4.78, 5) is 38.4. The fourth-order valence-corrected chi connectivity index (χ4v) is 3.85. The molecule has 2 heterocycles. The molecule has 2 aromatic rings. The molecule has 8 heteroatoms. The van der Waals surface area contributed by atoms with Crippen LogP contribution in [0.4, 0.5) is 0 Å². The number of nitrogens with zero attached hydrogens (tertiary/aromatic N) is 2. The minimum Gasteiger partial charge on any atom is -0.452 e. The van der Waals surface area contributed by atoms with Crippen molar-refractivity contribution >= 4 is 29.1 Å². The Kier molecular flexibility index (Phi) is 6.43. The van der Waals surface area contributed by atoms with Crippen LogP contribution in [-0.2, 0) is 14.3 Å². The third-order valence-corrected chi connectivity index (χ3v) is 5.51. The van der Waals surface area contributed by atoms with Crippen molar-refractivity contribution < 1.29 is 19.1 Å². The van der Waals surface area contributed by atoms with Crippen molar-refractivity contribution in [3.8, 4) is 5.00 Å². The minimum atomic E-state index is -0.548. The van der Waals surface area contributed by atoms with Gasteiger partial charge in [-0.1, -0.05) is 0 Å². The Bertz CT molecular complexity index is 860. The zero-order valence-electron chi connectivity index (χ0n) is 16.5. The predicted molar refractivity (Wildman–Crippen MR) is 105 cm³/mol. The number of hydrogen-bond donors (Lipinski definition) is 1. The molecule has 0 bridgehead atoms. The van der Waals surface area contributed by atoms with E-state index in [1.165, 1.54) is 16.2 Å². The lowest BCUT2D eigenvalue weighted by molar-refractivity contribution is -0.131. The highest BCUT2D eigenvalue weighted by Gasteiger charge is 2.24. The summed E-state index contributed by atoms with van der Waals surface area (Å²) in [6.45, 7) is 7.21. The first kappa shape index (κ1) is 20.7. The summed E-state index contributed by atoms with van der Waals surface area (Å²) in [5, 5.41) is 3.23. The van der Waals surface area contributed by atoms with E-state index < -0.39 is 18.5 Å². The van der Waals surface area contributed by atoms with Gasteiger partial charge in [-0.2, -0.15) is 0 Å². The first-order chi connectivity index (χ1) is 12.6. The number of carbonyl (C=O) groups excluding carboxylic acids is 3. The number of esters is 1. The highest BCUT2D eigenvalue weighted by Crippen LogP contribution is 2.33. The molecular formula is C19H25N3O4S. The lowest BCUT2D eigenvalue weighted by Crippen LogP contribution is -2.38. The zero-order chi connectivity index (χ0) is 20.3. The fourth-order valence-electron chi connectivity index (χ4n) is 2.58. The van der Waals surface area contributed by atoms with Gasteiger partial charge in [0.25, 0.3) is 5.91 Å². The molecule has 0 aliphatic carbocycles. The second-order valence-corrected chi connectivity index (χ2v) is 7.76. The molecule has 146 valence electrons. The van der Waals surface area contributed by atoms with Crippen molar-refractivity contribution in [2.24, 2.45) is 0 Å². The van der Waals surface area contributed by atoms with Gasteiger partial charge >= 0.3 is 5.97 Å². The number of amides is 2. The summed E-state index contributed by atoms with van der Waals surface area (Å²) in [5.41, 5.74) is 3.35. The van der Waals surface area contributed by atoms with Gasteiger partial charge in [-0.3, -0.25) is 9.59 Å². The Balaban J connectivity index is 2.13. The maximum Gasteiger partial charge on any atom is 0.341 e. The Morgan fingerprint density at radius 2 is 1.70 bits per heavy atom. The summed E-state index contributed by atoms with van der Waals surface area (Å²) < 4.78 is 7.22. The number of thiophene rings is 1. The van der Waals surface area contributed by atoms with Crippen LogP contribution < -0.4 is 5.32 Å².